The minimum absolute atomic E-state index is 0.252. The SMILES string of the molecule is Cc1cn2cc(NC(=O)c3ccc(N4C[C@@H](C)N[C@@H](C)C4)c4nccnc34)ccc2c1C#N. The van der Waals surface area contributed by atoms with Crippen molar-refractivity contribution in [3.05, 3.63) is 65.7 Å². The van der Waals surface area contributed by atoms with Crippen LogP contribution in [-0.4, -0.2) is 45.4 Å². The van der Waals surface area contributed by atoms with Crippen molar-refractivity contribution < 1.29 is 4.79 Å². The van der Waals surface area contributed by atoms with Gasteiger partial charge in [0, 0.05) is 50.0 Å². The molecule has 0 saturated carbocycles. The molecule has 0 unspecified atom stereocenters. The van der Waals surface area contributed by atoms with Crippen LogP contribution in [0.3, 0.4) is 0 Å². The molecule has 8 heteroatoms. The van der Waals surface area contributed by atoms with Crippen LogP contribution in [0.25, 0.3) is 16.6 Å². The Bertz CT molecular complexity index is 1410. The molecular formula is C25H25N7O. The van der Waals surface area contributed by atoms with Crippen LogP contribution in [0.5, 0.6) is 0 Å². The molecule has 0 spiro atoms. The second kappa shape index (κ2) is 8.19. The van der Waals surface area contributed by atoms with Crippen molar-refractivity contribution in [2.45, 2.75) is 32.9 Å². The summed E-state index contributed by atoms with van der Waals surface area (Å²) in [6.07, 6.45) is 6.98. The maximum Gasteiger partial charge on any atom is 0.257 e. The van der Waals surface area contributed by atoms with Gasteiger partial charge in [-0.2, -0.15) is 5.26 Å². The molecule has 1 saturated heterocycles. The number of benzene rings is 1. The van der Waals surface area contributed by atoms with Crippen LogP contribution in [0, 0.1) is 18.3 Å². The number of nitrogens with one attached hydrogen (secondary N) is 2. The molecule has 4 aromatic rings. The topological polar surface area (TPSA) is 98.3 Å². The Balaban J connectivity index is 1.48. The maximum atomic E-state index is 13.2. The predicted octanol–water partition coefficient (Wildman–Crippen LogP) is 3.50. The minimum Gasteiger partial charge on any atom is -0.367 e. The fourth-order valence-corrected chi connectivity index (χ4v) is 4.73. The summed E-state index contributed by atoms with van der Waals surface area (Å²) < 4.78 is 1.86. The van der Waals surface area contributed by atoms with E-state index in [1.807, 2.05) is 41.9 Å². The quantitative estimate of drug-likeness (QED) is 0.507. The van der Waals surface area contributed by atoms with Crippen molar-refractivity contribution in [1.82, 2.24) is 19.7 Å². The highest BCUT2D eigenvalue weighted by atomic mass is 16.1. The van der Waals surface area contributed by atoms with Crippen LogP contribution in [0.2, 0.25) is 0 Å². The molecule has 1 aliphatic heterocycles. The Hall–Kier alpha value is -3.96. The molecule has 8 nitrogen and oxygen atoms in total. The zero-order valence-corrected chi connectivity index (χ0v) is 18.8. The molecule has 3 aromatic heterocycles. The molecule has 4 heterocycles. The number of pyridine rings is 1. The molecule has 1 aromatic carbocycles. The molecule has 166 valence electrons. The summed E-state index contributed by atoms with van der Waals surface area (Å²) in [5.74, 6) is -0.252. The van der Waals surface area contributed by atoms with Gasteiger partial charge in [-0.15, -0.1) is 0 Å². The summed E-state index contributed by atoms with van der Waals surface area (Å²) in [5.41, 5.74) is 5.75. The van der Waals surface area contributed by atoms with Crippen molar-refractivity contribution in [3.8, 4) is 6.07 Å². The molecule has 33 heavy (non-hydrogen) atoms. The molecule has 1 aliphatic rings. The van der Waals surface area contributed by atoms with E-state index in [2.05, 4.69) is 45.4 Å². The number of aromatic nitrogens is 3. The summed E-state index contributed by atoms with van der Waals surface area (Å²) in [7, 11) is 0. The summed E-state index contributed by atoms with van der Waals surface area (Å²) in [6.45, 7) is 7.96. The third-order valence-electron chi connectivity index (χ3n) is 6.08. The Morgan fingerprint density at radius 2 is 1.82 bits per heavy atom. The van der Waals surface area contributed by atoms with E-state index in [4.69, 9.17) is 0 Å². The van der Waals surface area contributed by atoms with Crippen LogP contribution in [0.1, 0.15) is 35.3 Å². The number of rotatable bonds is 3. The number of carbonyl (C=O) groups excluding carboxylic acids is 1. The maximum absolute atomic E-state index is 13.2. The molecular weight excluding hydrogens is 414 g/mol. The first-order valence-corrected chi connectivity index (χ1v) is 11.0. The van der Waals surface area contributed by atoms with Gasteiger partial charge in [-0.1, -0.05) is 0 Å². The fourth-order valence-electron chi connectivity index (χ4n) is 4.73. The average Bonchev–Trinajstić information content (AvgIpc) is 3.11. The number of carbonyl (C=O) groups is 1. The van der Waals surface area contributed by atoms with Gasteiger partial charge in [0.25, 0.3) is 5.91 Å². The first-order chi connectivity index (χ1) is 15.9. The highest BCUT2D eigenvalue weighted by Crippen LogP contribution is 2.29. The number of aryl methyl sites for hydroxylation is 1. The number of hydrogen-bond acceptors (Lipinski definition) is 6. The lowest BCUT2D eigenvalue weighted by molar-refractivity contribution is 0.102. The fraction of sp³-hybridized carbons (Fsp3) is 0.280. The molecule has 1 fully saturated rings. The second-order valence-corrected chi connectivity index (χ2v) is 8.72. The van der Waals surface area contributed by atoms with Crippen LogP contribution in [0.15, 0.2) is 49.1 Å². The number of piperazine rings is 1. The van der Waals surface area contributed by atoms with E-state index in [1.54, 1.807) is 18.5 Å². The predicted molar refractivity (Wildman–Crippen MR) is 129 cm³/mol. The van der Waals surface area contributed by atoms with Gasteiger partial charge < -0.3 is 19.9 Å². The van der Waals surface area contributed by atoms with E-state index >= 15 is 0 Å². The van der Waals surface area contributed by atoms with Crippen molar-refractivity contribution in [2.24, 2.45) is 0 Å². The Morgan fingerprint density at radius 3 is 2.55 bits per heavy atom. The van der Waals surface area contributed by atoms with Gasteiger partial charge in [-0.3, -0.25) is 14.8 Å². The molecule has 1 amide bonds. The van der Waals surface area contributed by atoms with Gasteiger partial charge in [-0.05, 0) is 50.6 Å². The minimum atomic E-state index is -0.252. The smallest absolute Gasteiger partial charge is 0.257 e. The van der Waals surface area contributed by atoms with Crippen molar-refractivity contribution in [2.75, 3.05) is 23.3 Å². The van der Waals surface area contributed by atoms with Crippen molar-refractivity contribution in [1.29, 1.82) is 5.26 Å². The van der Waals surface area contributed by atoms with E-state index in [0.29, 0.717) is 34.4 Å². The first kappa shape index (κ1) is 20.9. The van der Waals surface area contributed by atoms with Gasteiger partial charge in [0.2, 0.25) is 0 Å². The lowest BCUT2D eigenvalue weighted by atomic mass is 10.1. The largest absolute Gasteiger partial charge is 0.367 e. The van der Waals surface area contributed by atoms with Crippen molar-refractivity contribution >= 4 is 33.8 Å². The van der Waals surface area contributed by atoms with Gasteiger partial charge in [0.1, 0.15) is 17.1 Å². The number of nitriles is 1. The number of amides is 1. The van der Waals surface area contributed by atoms with Crippen LogP contribution >= 0.6 is 0 Å². The molecule has 0 aliphatic carbocycles. The highest BCUT2D eigenvalue weighted by Gasteiger charge is 2.24. The highest BCUT2D eigenvalue weighted by molar-refractivity contribution is 6.13. The third-order valence-corrected chi connectivity index (χ3v) is 6.08. The van der Waals surface area contributed by atoms with E-state index in [-0.39, 0.29) is 5.91 Å². The zero-order chi connectivity index (χ0) is 23.1. The Morgan fingerprint density at radius 1 is 1.09 bits per heavy atom. The lowest BCUT2D eigenvalue weighted by Crippen LogP contribution is -2.54. The summed E-state index contributed by atoms with van der Waals surface area (Å²) >= 11 is 0. The Labute approximate surface area is 191 Å². The van der Waals surface area contributed by atoms with Crippen LogP contribution in [0.4, 0.5) is 11.4 Å². The monoisotopic (exact) mass is 439 g/mol. The van der Waals surface area contributed by atoms with Gasteiger partial charge >= 0.3 is 0 Å². The first-order valence-electron chi connectivity index (χ1n) is 11.0. The molecule has 2 atom stereocenters. The van der Waals surface area contributed by atoms with Gasteiger partial charge in [-0.25, -0.2) is 0 Å². The van der Waals surface area contributed by atoms with E-state index < -0.39 is 0 Å². The van der Waals surface area contributed by atoms with Gasteiger partial charge in [0.05, 0.1) is 28.0 Å². The van der Waals surface area contributed by atoms with Gasteiger partial charge in [0.15, 0.2) is 0 Å². The van der Waals surface area contributed by atoms with E-state index in [1.165, 1.54) is 0 Å². The van der Waals surface area contributed by atoms with Crippen molar-refractivity contribution in [3.63, 3.8) is 0 Å². The van der Waals surface area contributed by atoms with Crippen LogP contribution < -0.4 is 15.5 Å². The summed E-state index contributed by atoms with van der Waals surface area (Å²) in [5, 5.41) is 15.9. The Kier molecular flexibility index (Phi) is 5.19. The molecule has 0 radical (unpaired) electrons. The third kappa shape index (κ3) is 3.77. The number of anilines is 2. The summed E-state index contributed by atoms with van der Waals surface area (Å²) in [6, 6.07) is 10.4. The van der Waals surface area contributed by atoms with E-state index in [0.717, 1.165) is 35.4 Å². The second-order valence-electron chi connectivity index (χ2n) is 8.72. The van der Waals surface area contributed by atoms with Crippen LogP contribution in [-0.2, 0) is 0 Å². The molecule has 2 N–H and O–H groups in total. The number of nitrogens with zero attached hydrogens (tertiary/aromatic N) is 5. The standard InChI is InChI=1S/C25H25N7O/c1-15-11-31-14-18(4-6-21(31)20(15)10-26)30-25(33)19-5-7-22(24-23(19)27-8-9-28-24)32-12-16(2)29-17(3)13-32/h4-9,11,14,16-17,29H,12-13H2,1-3H3,(H,30,33)/t16-,17+. The van der Waals surface area contributed by atoms with E-state index in [9.17, 15) is 10.1 Å². The average molecular weight is 440 g/mol. The summed E-state index contributed by atoms with van der Waals surface area (Å²) in [4.78, 5) is 24.6. The lowest BCUT2D eigenvalue weighted by Gasteiger charge is -2.38. The molecule has 5 rings (SSSR count). The number of hydrogen-bond donors (Lipinski definition) is 2. The molecule has 0 bridgehead atoms. The number of fused-ring (bicyclic) bond motifs is 2. The normalized spacial score (nSPS) is 18.4. The zero-order valence-electron chi connectivity index (χ0n) is 18.8.